The molecule has 32 heavy (non-hydrogen) atoms. The summed E-state index contributed by atoms with van der Waals surface area (Å²) in [5.41, 5.74) is 3.16. The number of hydrogen-bond acceptors (Lipinski definition) is 4. The quantitative estimate of drug-likeness (QED) is 0.394. The maximum Gasteiger partial charge on any atom is 0.240 e. The van der Waals surface area contributed by atoms with Gasteiger partial charge in [0.05, 0.1) is 11.4 Å². The number of carbonyl (C=O) groups excluding carboxylic acids is 1. The van der Waals surface area contributed by atoms with Gasteiger partial charge in [0.2, 0.25) is 5.91 Å². The lowest BCUT2D eigenvalue weighted by Gasteiger charge is -2.08. The third-order valence-electron chi connectivity index (χ3n) is 5.02. The summed E-state index contributed by atoms with van der Waals surface area (Å²) in [6.07, 6.45) is 3.51. The molecule has 4 aromatic rings. The van der Waals surface area contributed by atoms with Crippen LogP contribution in [-0.4, -0.2) is 30.5 Å². The van der Waals surface area contributed by atoms with E-state index in [9.17, 15) is 9.18 Å². The van der Waals surface area contributed by atoms with Gasteiger partial charge in [0, 0.05) is 30.3 Å². The molecule has 0 saturated heterocycles. The molecule has 0 spiro atoms. The van der Waals surface area contributed by atoms with Gasteiger partial charge in [0.1, 0.15) is 18.2 Å². The van der Waals surface area contributed by atoms with Crippen LogP contribution >= 0.6 is 12.2 Å². The van der Waals surface area contributed by atoms with Gasteiger partial charge in [0.25, 0.3) is 0 Å². The zero-order valence-electron chi connectivity index (χ0n) is 17.6. The van der Waals surface area contributed by atoms with Crippen molar-refractivity contribution in [2.24, 2.45) is 0 Å². The van der Waals surface area contributed by atoms with E-state index >= 15 is 0 Å². The van der Waals surface area contributed by atoms with Crippen LogP contribution in [0.5, 0.6) is 0 Å². The molecule has 0 aliphatic heterocycles. The van der Waals surface area contributed by atoms with Gasteiger partial charge < -0.3 is 5.32 Å². The van der Waals surface area contributed by atoms with Crippen molar-refractivity contribution in [2.75, 3.05) is 0 Å². The fourth-order valence-corrected chi connectivity index (χ4v) is 3.64. The second kappa shape index (κ2) is 9.69. The van der Waals surface area contributed by atoms with Gasteiger partial charge in [-0.15, -0.1) is 0 Å². The Kier molecular flexibility index (Phi) is 6.55. The third kappa shape index (κ3) is 4.83. The molecule has 0 fully saturated rings. The van der Waals surface area contributed by atoms with Crippen molar-refractivity contribution in [2.45, 2.75) is 32.9 Å². The van der Waals surface area contributed by atoms with Crippen LogP contribution in [0.3, 0.4) is 0 Å². The summed E-state index contributed by atoms with van der Waals surface area (Å²) < 4.78 is 17.3. The van der Waals surface area contributed by atoms with Crippen molar-refractivity contribution < 1.29 is 9.18 Å². The van der Waals surface area contributed by atoms with Gasteiger partial charge in [0.15, 0.2) is 4.77 Å². The molecule has 2 heterocycles. The van der Waals surface area contributed by atoms with Crippen LogP contribution in [0.15, 0.2) is 60.8 Å². The molecule has 164 valence electrons. The minimum absolute atomic E-state index is 0.0867. The Hall–Kier alpha value is -3.59. The molecule has 7 nitrogen and oxygen atoms in total. The lowest BCUT2D eigenvalue weighted by atomic mass is 10.1. The van der Waals surface area contributed by atoms with Crippen LogP contribution in [-0.2, 0) is 24.3 Å². The summed E-state index contributed by atoms with van der Waals surface area (Å²) in [4.78, 5) is 12.7. The number of H-pyrrole nitrogens is 1. The number of aromatic nitrogens is 5. The fraction of sp³-hybridized carbons (Fsp3) is 0.217. The first-order valence-corrected chi connectivity index (χ1v) is 10.8. The summed E-state index contributed by atoms with van der Waals surface area (Å²) in [7, 11) is 0. The van der Waals surface area contributed by atoms with Crippen LogP contribution in [0.25, 0.3) is 16.9 Å². The van der Waals surface area contributed by atoms with Gasteiger partial charge in [-0.05, 0) is 55.0 Å². The molecule has 9 heteroatoms. The van der Waals surface area contributed by atoms with Gasteiger partial charge in [-0.1, -0.05) is 25.1 Å². The molecule has 0 atom stereocenters. The van der Waals surface area contributed by atoms with Crippen molar-refractivity contribution >= 4 is 18.1 Å². The predicted octanol–water partition coefficient (Wildman–Crippen LogP) is 4.20. The summed E-state index contributed by atoms with van der Waals surface area (Å²) in [5, 5.41) is 14.6. The number of aryl methyl sites for hydroxylation is 1. The first kappa shape index (κ1) is 21.6. The highest BCUT2D eigenvalue weighted by Crippen LogP contribution is 2.24. The molecule has 0 aliphatic rings. The van der Waals surface area contributed by atoms with Crippen molar-refractivity contribution in [3.8, 4) is 16.9 Å². The van der Waals surface area contributed by atoms with Crippen molar-refractivity contribution in [3.63, 3.8) is 0 Å². The first-order valence-electron chi connectivity index (χ1n) is 10.4. The van der Waals surface area contributed by atoms with E-state index in [0.717, 1.165) is 35.5 Å². The number of nitrogens with one attached hydrogen (secondary N) is 2. The van der Waals surface area contributed by atoms with E-state index in [0.29, 0.717) is 10.5 Å². The molecule has 1 amide bonds. The molecule has 0 saturated carbocycles. The van der Waals surface area contributed by atoms with E-state index in [1.54, 1.807) is 21.4 Å². The van der Waals surface area contributed by atoms with Crippen molar-refractivity contribution in [3.05, 3.63) is 82.8 Å². The summed E-state index contributed by atoms with van der Waals surface area (Å²) in [6.45, 7) is 2.40. The van der Waals surface area contributed by atoms with E-state index in [4.69, 9.17) is 17.3 Å². The lowest BCUT2D eigenvalue weighted by Crippen LogP contribution is -2.28. The SMILES string of the molecule is CCCc1n[nH]c(=S)n1CC(=O)NCc1cn(-c2ccccc2)nc1-c1ccc(F)cc1. The summed E-state index contributed by atoms with van der Waals surface area (Å²) >= 11 is 5.26. The van der Waals surface area contributed by atoms with Crippen molar-refractivity contribution in [1.29, 1.82) is 0 Å². The summed E-state index contributed by atoms with van der Waals surface area (Å²) in [6, 6.07) is 15.8. The van der Waals surface area contributed by atoms with E-state index in [1.807, 2.05) is 43.5 Å². The van der Waals surface area contributed by atoms with Crippen molar-refractivity contribution in [1.82, 2.24) is 29.9 Å². The molecule has 0 aliphatic carbocycles. The number of nitrogens with zero attached hydrogens (tertiary/aromatic N) is 4. The predicted molar refractivity (Wildman–Crippen MR) is 122 cm³/mol. The maximum atomic E-state index is 13.4. The zero-order valence-corrected chi connectivity index (χ0v) is 18.4. The monoisotopic (exact) mass is 450 g/mol. The van der Waals surface area contributed by atoms with Gasteiger partial charge in [-0.3, -0.25) is 14.5 Å². The number of para-hydroxylation sites is 1. The molecule has 2 aromatic carbocycles. The Balaban J connectivity index is 1.56. The Bertz CT molecular complexity index is 1260. The zero-order chi connectivity index (χ0) is 22.5. The normalized spacial score (nSPS) is 10.9. The number of rotatable bonds is 8. The molecule has 0 unspecified atom stereocenters. The number of carbonyl (C=O) groups is 1. The molecule has 0 bridgehead atoms. The molecule has 2 N–H and O–H groups in total. The second-order valence-corrected chi connectivity index (χ2v) is 7.73. The molecule has 4 rings (SSSR count). The smallest absolute Gasteiger partial charge is 0.240 e. The standard InChI is InChI=1S/C23H23FN6OS/c1-2-6-20-26-27-23(32)29(20)15-21(31)25-13-17-14-30(19-7-4-3-5-8-19)28-22(17)16-9-11-18(24)12-10-16/h3-5,7-12,14H,2,6,13,15H2,1H3,(H,25,31)(H,27,32). The number of hydrogen-bond donors (Lipinski definition) is 2. The molecule has 0 radical (unpaired) electrons. The Morgan fingerprint density at radius 2 is 1.91 bits per heavy atom. The van der Waals surface area contributed by atoms with Crippen LogP contribution in [0, 0.1) is 10.6 Å². The Morgan fingerprint density at radius 3 is 2.62 bits per heavy atom. The summed E-state index contributed by atoms with van der Waals surface area (Å²) in [5.74, 6) is 0.264. The number of benzene rings is 2. The van der Waals surface area contributed by atoms with Crippen LogP contribution in [0.2, 0.25) is 0 Å². The lowest BCUT2D eigenvalue weighted by molar-refractivity contribution is -0.121. The largest absolute Gasteiger partial charge is 0.350 e. The minimum Gasteiger partial charge on any atom is -0.350 e. The van der Waals surface area contributed by atoms with E-state index in [2.05, 4.69) is 15.5 Å². The molecule has 2 aromatic heterocycles. The average molecular weight is 451 g/mol. The molecular formula is C23H23FN6OS. The average Bonchev–Trinajstić information content (AvgIpc) is 3.38. The highest BCUT2D eigenvalue weighted by molar-refractivity contribution is 7.71. The Labute approximate surface area is 189 Å². The minimum atomic E-state index is -0.314. The maximum absolute atomic E-state index is 13.4. The highest BCUT2D eigenvalue weighted by atomic mass is 32.1. The first-order chi connectivity index (χ1) is 15.5. The van der Waals surface area contributed by atoms with Gasteiger partial charge in [-0.2, -0.15) is 10.2 Å². The topological polar surface area (TPSA) is 80.5 Å². The number of amides is 1. The van der Waals surface area contributed by atoms with E-state index in [-0.39, 0.29) is 24.8 Å². The molecular weight excluding hydrogens is 427 g/mol. The highest BCUT2D eigenvalue weighted by Gasteiger charge is 2.15. The van der Waals surface area contributed by atoms with Crippen LogP contribution in [0.4, 0.5) is 4.39 Å². The van der Waals surface area contributed by atoms with Crippen LogP contribution < -0.4 is 5.32 Å². The third-order valence-corrected chi connectivity index (χ3v) is 5.33. The van der Waals surface area contributed by atoms with E-state index < -0.39 is 0 Å². The second-order valence-electron chi connectivity index (χ2n) is 7.35. The number of halogens is 1. The van der Waals surface area contributed by atoms with E-state index in [1.165, 1.54) is 12.1 Å². The van der Waals surface area contributed by atoms with Gasteiger partial charge in [-0.25, -0.2) is 9.07 Å². The Morgan fingerprint density at radius 1 is 1.16 bits per heavy atom. The fourth-order valence-electron chi connectivity index (χ4n) is 3.42. The van der Waals surface area contributed by atoms with Crippen LogP contribution in [0.1, 0.15) is 24.7 Å². The number of aromatic amines is 1. The van der Waals surface area contributed by atoms with Gasteiger partial charge >= 0.3 is 0 Å².